The van der Waals surface area contributed by atoms with Gasteiger partial charge in [-0.2, -0.15) is 0 Å². The fourth-order valence-corrected chi connectivity index (χ4v) is 3.16. The van der Waals surface area contributed by atoms with Crippen LogP contribution in [-0.2, 0) is 0 Å². The Morgan fingerprint density at radius 3 is 2.75 bits per heavy atom. The number of anilines is 1. The average molecular weight is 375 g/mol. The van der Waals surface area contributed by atoms with Crippen molar-refractivity contribution in [2.75, 3.05) is 11.9 Å². The highest BCUT2D eigenvalue weighted by Crippen LogP contribution is 2.34. The molecule has 5 rings (SSSR count). The van der Waals surface area contributed by atoms with E-state index in [1.165, 1.54) is 25.0 Å². The third-order valence-electron chi connectivity index (χ3n) is 4.94. The molecule has 140 valence electrons. The van der Waals surface area contributed by atoms with E-state index in [2.05, 4.69) is 25.4 Å². The first-order valence-corrected chi connectivity index (χ1v) is 9.27. The number of aryl methyl sites for hydroxylation is 1. The van der Waals surface area contributed by atoms with Gasteiger partial charge in [-0.3, -0.25) is 0 Å². The van der Waals surface area contributed by atoms with Crippen LogP contribution in [0.25, 0.3) is 33.6 Å². The fourth-order valence-electron chi connectivity index (χ4n) is 3.16. The molecule has 1 aromatic carbocycles. The van der Waals surface area contributed by atoms with Crippen molar-refractivity contribution in [1.29, 1.82) is 0 Å². The van der Waals surface area contributed by atoms with Crippen LogP contribution in [0.1, 0.15) is 18.5 Å². The molecule has 0 unspecified atom stereocenters. The quantitative estimate of drug-likeness (QED) is 0.549. The van der Waals surface area contributed by atoms with Gasteiger partial charge in [0, 0.05) is 23.9 Å². The van der Waals surface area contributed by atoms with Gasteiger partial charge >= 0.3 is 0 Å². The smallest absolute Gasteiger partial charge is 0.258 e. The Balaban J connectivity index is 1.64. The first kappa shape index (κ1) is 16.8. The molecule has 0 aliphatic heterocycles. The predicted molar refractivity (Wildman–Crippen MR) is 104 cm³/mol. The zero-order valence-corrected chi connectivity index (χ0v) is 15.3. The van der Waals surface area contributed by atoms with Crippen molar-refractivity contribution in [3.63, 3.8) is 0 Å². The maximum absolute atomic E-state index is 13.4. The molecule has 1 fully saturated rings. The largest absolute Gasteiger partial charge is 0.354 e. The number of rotatable bonds is 5. The Kier molecular flexibility index (Phi) is 4.00. The van der Waals surface area contributed by atoms with E-state index in [1.807, 2.05) is 19.1 Å². The Morgan fingerprint density at radius 1 is 1.14 bits per heavy atom. The third kappa shape index (κ3) is 3.19. The van der Waals surface area contributed by atoms with E-state index < -0.39 is 0 Å². The van der Waals surface area contributed by atoms with E-state index in [0.29, 0.717) is 17.4 Å². The first-order chi connectivity index (χ1) is 13.7. The van der Waals surface area contributed by atoms with E-state index in [0.717, 1.165) is 40.4 Å². The number of nitrogens with zero attached hydrogens (tertiary/aromatic N) is 4. The maximum Gasteiger partial charge on any atom is 0.258 e. The molecule has 1 saturated carbocycles. The summed E-state index contributed by atoms with van der Waals surface area (Å²) in [5, 5.41) is 8.14. The fraction of sp³-hybridized carbons (Fsp3) is 0.238. The summed E-state index contributed by atoms with van der Waals surface area (Å²) in [6, 6.07) is 10.0. The normalized spacial score (nSPS) is 13.8. The monoisotopic (exact) mass is 375 g/mol. The van der Waals surface area contributed by atoms with Gasteiger partial charge in [0.2, 0.25) is 5.95 Å². The molecule has 0 radical (unpaired) electrons. The van der Waals surface area contributed by atoms with Crippen molar-refractivity contribution in [2.24, 2.45) is 5.92 Å². The topological polar surface area (TPSA) is 76.7 Å². The van der Waals surface area contributed by atoms with Gasteiger partial charge in [-0.05, 0) is 62.1 Å². The van der Waals surface area contributed by atoms with Crippen molar-refractivity contribution in [3.8, 4) is 22.5 Å². The van der Waals surface area contributed by atoms with Gasteiger partial charge in [0.15, 0.2) is 0 Å². The van der Waals surface area contributed by atoms with Crippen molar-refractivity contribution < 1.29 is 8.91 Å². The maximum atomic E-state index is 13.4. The summed E-state index contributed by atoms with van der Waals surface area (Å²) in [5.41, 5.74) is 4.20. The highest BCUT2D eigenvalue weighted by Gasteiger charge is 2.21. The van der Waals surface area contributed by atoms with Crippen LogP contribution in [0.5, 0.6) is 0 Å². The Hall–Kier alpha value is -3.35. The van der Waals surface area contributed by atoms with Crippen LogP contribution in [0, 0.1) is 18.7 Å². The SMILES string of the molecule is Cc1noc2nc(-c3ccc(F)cc3)c(-c3ccnc(NCC4CC4)n3)cc12. The van der Waals surface area contributed by atoms with Crippen molar-refractivity contribution in [1.82, 2.24) is 20.1 Å². The summed E-state index contributed by atoms with van der Waals surface area (Å²) in [6.07, 6.45) is 4.25. The van der Waals surface area contributed by atoms with Gasteiger partial charge in [0.25, 0.3) is 5.71 Å². The number of hydrogen-bond acceptors (Lipinski definition) is 6. The number of aromatic nitrogens is 4. The minimum absolute atomic E-state index is 0.296. The molecular formula is C21H18FN5O. The van der Waals surface area contributed by atoms with E-state index in [4.69, 9.17) is 4.52 Å². The van der Waals surface area contributed by atoms with Gasteiger partial charge in [0.1, 0.15) is 5.82 Å². The van der Waals surface area contributed by atoms with Crippen LogP contribution in [0.3, 0.4) is 0 Å². The third-order valence-corrected chi connectivity index (χ3v) is 4.94. The summed E-state index contributed by atoms with van der Waals surface area (Å²) < 4.78 is 18.8. The molecule has 0 saturated heterocycles. The zero-order chi connectivity index (χ0) is 19.1. The van der Waals surface area contributed by atoms with Crippen LogP contribution in [0.2, 0.25) is 0 Å². The van der Waals surface area contributed by atoms with Gasteiger partial charge in [0.05, 0.1) is 22.5 Å². The minimum atomic E-state index is -0.296. The molecule has 4 aromatic rings. The molecule has 1 aliphatic carbocycles. The molecular weight excluding hydrogens is 357 g/mol. The van der Waals surface area contributed by atoms with Crippen LogP contribution < -0.4 is 5.32 Å². The summed E-state index contributed by atoms with van der Waals surface area (Å²) in [7, 11) is 0. The first-order valence-electron chi connectivity index (χ1n) is 9.27. The number of hydrogen-bond donors (Lipinski definition) is 1. The molecule has 3 aromatic heterocycles. The van der Waals surface area contributed by atoms with Crippen LogP contribution in [0.4, 0.5) is 10.3 Å². The lowest BCUT2D eigenvalue weighted by atomic mass is 10.0. The van der Waals surface area contributed by atoms with Gasteiger partial charge in [-0.15, -0.1) is 0 Å². The second-order valence-corrected chi connectivity index (χ2v) is 7.10. The number of pyridine rings is 1. The number of fused-ring (bicyclic) bond motifs is 1. The highest BCUT2D eigenvalue weighted by molar-refractivity contribution is 5.89. The van der Waals surface area contributed by atoms with Crippen molar-refractivity contribution in [3.05, 3.63) is 54.1 Å². The van der Waals surface area contributed by atoms with Gasteiger partial charge in [-0.25, -0.2) is 19.3 Å². The lowest BCUT2D eigenvalue weighted by Gasteiger charge is -2.10. The molecule has 1 aliphatic rings. The average Bonchev–Trinajstić information content (AvgIpc) is 3.49. The number of nitrogens with one attached hydrogen (secondary N) is 1. The Labute approximate surface area is 160 Å². The molecule has 28 heavy (non-hydrogen) atoms. The van der Waals surface area contributed by atoms with Crippen molar-refractivity contribution >= 4 is 17.0 Å². The Bertz CT molecular complexity index is 1150. The summed E-state index contributed by atoms with van der Waals surface area (Å²) in [5.74, 6) is 1.02. The van der Waals surface area contributed by atoms with Crippen LogP contribution in [0.15, 0.2) is 47.1 Å². The molecule has 1 N–H and O–H groups in total. The lowest BCUT2D eigenvalue weighted by molar-refractivity contribution is 0.443. The number of halogens is 1. The van der Waals surface area contributed by atoms with E-state index >= 15 is 0 Å². The second-order valence-electron chi connectivity index (χ2n) is 7.10. The molecule has 0 amide bonds. The van der Waals surface area contributed by atoms with Crippen LogP contribution >= 0.6 is 0 Å². The number of benzene rings is 1. The minimum Gasteiger partial charge on any atom is -0.354 e. The molecule has 0 bridgehead atoms. The van der Waals surface area contributed by atoms with E-state index in [-0.39, 0.29) is 5.82 Å². The van der Waals surface area contributed by atoms with Crippen LogP contribution in [-0.4, -0.2) is 26.7 Å². The van der Waals surface area contributed by atoms with E-state index in [1.54, 1.807) is 18.3 Å². The highest BCUT2D eigenvalue weighted by atomic mass is 19.1. The standard InChI is InChI=1S/C21H18FN5O/c1-12-16-10-17(18-8-9-23-21(25-18)24-11-13-2-3-13)19(26-20(16)28-27-12)14-4-6-15(22)7-5-14/h4-10,13H,2-3,11H2,1H3,(H,23,24,25). The van der Waals surface area contributed by atoms with E-state index in [9.17, 15) is 4.39 Å². The van der Waals surface area contributed by atoms with Crippen molar-refractivity contribution in [2.45, 2.75) is 19.8 Å². The second kappa shape index (κ2) is 6.67. The predicted octanol–water partition coefficient (Wildman–Crippen LogP) is 4.62. The molecule has 0 atom stereocenters. The molecule has 3 heterocycles. The van der Waals surface area contributed by atoms with Gasteiger partial charge < -0.3 is 9.84 Å². The van der Waals surface area contributed by atoms with Gasteiger partial charge in [-0.1, -0.05) is 5.16 Å². The summed E-state index contributed by atoms with van der Waals surface area (Å²) in [6.45, 7) is 2.76. The lowest BCUT2D eigenvalue weighted by Crippen LogP contribution is -2.07. The zero-order valence-electron chi connectivity index (χ0n) is 15.3. The summed E-state index contributed by atoms with van der Waals surface area (Å²) >= 11 is 0. The summed E-state index contributed by atoms with van der Waals surface area (Å²) in [4.78, 5) is 13.7. The molecule has 7 heteroatoms. The Morgan fingerprint density at radius 2 is 1.96 bits per heavy atom. The molecule has 6 nitrogen and oxygen atoms in total. The molecule has 0 spiro atoms.